The molecule has 0 aromatic heterocycles. The van der Waals surface area contributed by atoms with Gasteiger partial charge >= 0.3 is 6.03 Å². The molecule has 1 atom stereocenters. The Bertz CT molecular complexity index is 861. The quantitative estimate of drug-likeness (QED) is 0.824. The van der Waals surface area contributed by atoms with Crippen LogP contribution in [0.1, 0.15) is 42.9 Å². The van der Waals surface area contributed by atoms with Crippen molar-refractivity contribution in [1.82, 2.24) is 15.1 Å². The van der Waals surface area contributed by atoms with Crippen LogP contribution in [-0.2, 0) is 4.79 Å². The molecule has 30 heavy (non-hydrogen) atoms. The van der Waals surface area contributed by atoms with Crippen LogP contribution in [-0.4, -0.2) is 54.5 Å². The summed E-state index contributed by atoms with van der Waals surface area (Å²) in [6, 6.07) is 17.8. The number of hydrogen-bond acceptors (Lipinski definition) is 3. The van der Waals surface area contributed by atoms with Crippen LogP contribution in [0.4, 0.5) is 4.79 Å². The number of hydrogen-bond donors (Lipinski definition) is 1. The lowest BCUT2D eigenvalue weighted by Gasteiger charge is -2.37. The molecule has 2 aromatic carbocycles. The van der Waals surface area contributed by atoms with Gasteiger partial charge in [-0.15, -0.1) is 0 Å². The van der Waals surface area contributed by atoms with Crippen LogP contribution in [0.3, 0.4) is 0 Å². The predicted molar refractivity (Wildman–Crippen MR) is 115 cm³/mol. The lowest BCUT2D eigenvalue weighted by atomic mass is 9.98. The van der Waals surface area contributed by atoms with E-state index >= 15 is 0 Å². The Hall–Kier alpha value is -3.02. The molecule has 0 spiro atoms. The van der Waals surface area contributed by atoms with Crippen molar-refractivity contribution in [2.24, 2.45) is 0 Å². The first kappa shape index (κ1) is 20.3. The number of piperidine rings is 1. The number of benzene rings is 2. The topological polar surface area (TPSA) is 61.9 Å². The maximum atomic E-state index is 13.1. The minimum Gasteiger partial charge on any atom is -0.497 e. The zero-order chi connectivity index (χ0) is 20.9. The van der Waals surface area contributed by atoms with Gasteiger partial charge in [0.05, 0.1) is 13.2 Å². The zero-order valence-electron chi connectivity index (χ0n) is 17.4. The van der Waals surface area contributed by atoms with E-state index in [0.29, 0.717) is 19.5 Å². The summed E-state index contributed by atoms with van der Waals surface area (Å²) < 4.78 is 5.27. The molecular formula is C24H29N3O3. The monoisotopic (exact) mass is 407 g/mol. The normalized spacial score (nSPS) is 18.4. The van der Waals surface area contributed by atoms with E-state index in [0.717, 1.165) is 42.7 Å². The fourth-order valence-electron chi connectivity index (χ4n) is 4.45. The summed E-state index contributed by atoms with van der Waals surface area (Å²) in [5.74, 6) is 1.05. The Morgan fingerprint density at radius 1 is 1.00 bits per heavy atom. The van der Waals surface area contributed by atoms with Crippen LogP contribution < -0.4 is 10.1 Å². The van der Waals surface area contributed by atoms with Gasteiger partial charge in [0.25, 0.3) is 0 Å². The van der Waals surface area contributed by atoms with Crippen LogP contribution in [0, 0.1) is 0 Å². The molecule has 1 N–H and O–H groups in total. The minimum absolute atomic E-state index is 0.0640. The van der Waals surface area contributed by atoms with E-state index in [2.05, 4.69) is 5.32 Å². The van der Waals surface area contributed by atoms with Crippen LogP contribution >= 0.6 is 0 Å². The van der Waals surface area contributed by atoms with Gasteiger partial charge in [-0.2, -0.15) is 0 Å². The number of nitrogens with one attached hydrogen (secondary N) is 1. The van der Waals surface area contributed by atoms with Crippen molar-refractivity contribution in [1.29, 1.82) is 0 Å². The van der Waals surface area contributed by atoms with Gasteiger partial charge in [-0.3, -0.25) is 4.79 Å². The third-order valence-electron chi connectivity index (χ3n) is 6.15. The fraction of sp³-hybridized carbons (Fsp3) is 0.417. The molecule has 2 aromatic rings. The second-order valence-electron chi connectivity index (χ2n) is 7.98. The number of methoxy groups -OCH3 is 1. The number of nitrogens with zero attached hydrogens (tertiary/aromatic N) is 2. The van der Waals surface area contributed by atoms with E-state index in [9.17, 15) is 9.59 Å². The Morgan fingerprint density at radius 2 is 1.67 bits per heavy atom. The first-order valence-electron chi connectivity index (χ1n) is 10.7. The average Bonchev–Trinajstić information content (AvgIpc) is 3.24. The van der Waals surface area contributed by atoms with Crippen molar-refractivity contribution in [3.63, 3.8) is 0 Å². The minimum atomic E-state index is -0.234. The molecule has 1 unspecified atom stereocenters. The summed E-state index contributed by atoms with van der Waals surface area (Å²) in [6.07, 6.45) is 3.32. The lowest BCUT2D eigenvalue weighted by molar-refractivity contribution is -0.130. The highest BCUT2D eigenvalue weighted by Gasteiger charge is 2.32. The molecule has 3 amide bonds. The van der Waals surface area contributed by atoms with Gasteiger partial charge in [0.2, 0.25) is 5.91 Å². The maximum Gasteiger partial charge on any atom is 0.318 e. The molecule has 2 fully saturated rings. The van der Waals surface area contributed by atoms with E-state index in [4.69, 9.17) is 4.74 Å². The summed E-state index contributed by atoms with van der Waals surface area (Å²) in [6.45, 7) is 2.21. The Labute approximate surface area is 177 Å². The summed E-state index contributed by atoms with van der Waals surface area (Å²) in [5.41, 5.74) is 2.04. The van der Waals surface area contributed by atoms with Gasteiger partial charge in [0.1, 0.15) is 5.75 Å². The predicted octanol–water partition coefficient (Wildman–Crippen LogP) is 3.58. The van der Waals surface area contributed by atoms with Gasteiger partial charge in [-0.25, -0.2) is 4.79 Å². The molecule has 0 saturated carbocycles. The second kappa shape index (κ2) is 9.20. The van der Waals surface area contributed by atoms with E-state index in [-0.39, 0.29) is 24.0 Å². The van der Waals surface area contributed by atoms with Gasteiger partial charge in [0.15, 0.2) is 0 Å². The van der Waals surface area contributed by atoms with Crippen LogP contribution in [0.5, 0.6) is 5.75 Å². The molecule has 6 heteroatoms. The molecular weight excluding hydrogens is 378 g/mol. The Kier molecular flexibility index (Phi) is 6.21. The number of likely N-dealkylation sites (tertiary alicyclic amines) is 2. The van der Waals surface area contributed by atoms with Crippen LogP contribution in [0.2, 0.25) is 0 Å². The molecule has 4 rings (SSSR count). The van der Waals surface area contributed by atoms with Gasteiger partial charge < -0.3 is 19.9 Å². The molecule has 2 aliphatic heterocycles. The number of carbonyl (C=O) groups is 2. The lowest BCUT2D eigenvalue weighted by Crippen LogP contribution is -2.50. The van der Waals surface area contributed by atoms with Crippen molar-refractivity contribution < 1.29 is 14.3 Å². The van der Waals surface area contributed by atoms with Gasteiger partial charge in [-0.1, -0.05) is 42.5 Å². The van der Waals surface area contributed by atoms with Gasteiger partial charge in [-0.05, 0) is 42.5 Å². The second-order valence-corrected chi connectivity index (χ2v) is 7.98. The van der Waals surface area contributed by atoms with E-state index in [1.54, 1.807) is 7.11 Å². The summed E-state index contributed by atoms with van der Waals surface area (Å²) in [5, 5.41) is 3.22. The molecule has 0 bridgehead atoms. The third-order valence-corrected chi connectivity index (χ3v) is 6.15. The Balaban J connectivity index is 1.43. The number of rotatable bonds is 5. The number of ether oxygens (including phenoxy) is 1. The standard InChI is InChI=1S/C24H29N3O3/c1-30-21-11-9-19(10-12-21)23(18-6-3-2-4-7-18)25-24(29)26-16-13-20(14-17-26)27-15-5-8-22(27)28/h2-4,6-7,9-12,20,23H,5,8,13-17H2,1H3,(H,25,29). The van der Waals surface area contributed by atoms with Crippen molar-refractivity contribution in [2.75, 3.05) is 26.7 Å². The van der Waals surface area contributed by atoms with Gasteiger partial charge in [0, 0.05) is 32.1 Å². The molecule has 6 nitrogen and oxygen atoms in total. The summed E-state index contributed by atoms with van der Waals surface area (Å²) in [4.78, 5) is 29.0. The van der Waals surface area contributed by atoms with Crippen molar-refractivity contribution in [2.45, 2.75) is 37.8 Å². The SMILES string of the molecule is COc1ccc(C(NC(=O)N2CCC(N3CCCC3=O)CC2)c2ccccc2)cc1. The van der Waals surface area contributed by atoms with Crippen LogP contribution in [0.15, 0.2) is 54.6 Å². The largest absolute Gasteiger partial charge is 0.497 e. The van der Waals surface area contributed by atoms with Crippen molar-refractivity contribution in [3.8, 4) is 5.75 Å². The number of amides is 3. The highest BCUT2D eigenvalue weighted by atomic mass is 16.5. The Morgan fingerprint density at radius 3 is 2.27 bits per heavy atom. The zero-order valence-corrected chi connectivity index (χ0v) is 17.4. The summed E-state index contributed by atoms with van der Waals surface area (Å²) >= 11 is 0. The smallest absolute Gasteiger partial charge is 0.318 e. The van der Waals surface area contributed by atoms with E-state index in [1.807, 2.05) is 64.4 Å². The van der Waals surface area contributed by atoms with Crippen LogP contribution in [0.25, 0.3) is 0 Å². The fourth-order valence-corrected chi connectivity index (χ4v) is 4.45. The molecule has 0 radical (unpaired) electrons. The average molecular weight is 408 g/mol. The molecule has 158 valence electrons. The number of carbonyl (C=O) groups excluding carboxylic acids is 2. The van der Waals surface area contributed by atoms with E-state index < -0.39 is 0 Å². The van der Waals surface area contributed by atoms with Crippen molar-refractivity contribution in [3.05, 3.63) is 65.7 Å². The first-order valence-corrected chi connectivity index (χ1v) is 10.7. The van der Waals surface area contributed by atoms with Crippen molar-refractivity contribution >= 4 is 11.9 Å². The summed E-state index contributed by atoms with van der Waals surface area (Å²) in [7, 11) is 1.64. The van der Waals surface area contributed by atoms with E-state index in [1.165, 1.54) is 0 Å². The molecule has 2 heterocycles. The highest BCUT2D eigenvalue weighted by Crippen LogP contribution is 2.26. The number of urea groups is 1. The molecule has 0 aliphatic carbocycles. The molecule has 2 aliphatic rings. The third kappa shape index (κ3) is 4.42. The maximum absolute atomic E-state index is 13.1. The highest BCUT2D eigenvalue weighted by molar-refractivity contribution is 5.78. The first-order chi connectivity index (χ1) is 14.7. The molecule has 2 saturated heterocycles.